The van der Waals surface area contributed by atoms with Crippen LogP contribution in [0, 0.1) is 5.92 Å². The molecular weight excluding hydrogens is 336 g/mol. The monoisotopic (exact) mass is 356 g/mol. The zero-order valence-electron chi connectivity index (χ0n) is 14.0. The van der Waals surface area contributed by atoms with Gasteiger partial charge in [0.1, 0.15) is 0 Å². The topological polar surface area (TPSA) is 49.4 Å². The van der Waals surface area contributed by atoms with Crippen LogP contribution >= 0.6 is 11.6 Å². The summed E-state index contributed by atoms with van der Waals surface area (Å²) < 4.78 is 0. The second-order valence-corrected chi connectivity index (χ2v) is 6.82. The van der Waals surface area contributed by atoms with E-state index < -0.39 is 5.91 Å². The molecule has 0 atom stereocenters. The highest BCUT2D eigenvalue weighted by atomic mass is 35.5. The molecule has 3 rings (SSSR count). The van der Waals surface area contributed by atoms with Crippen molar-refractivity contribution in [2.24, 2.45) is 5.92 Å². The molecule has 0 bridgehead atoms. The number of carbonyl (C=O) groups is 2. The number of piperidine rings is 1. The van der Waals surface area contributed by atoms with Gasteiger partial charge >= 0.3 is 6.03 Å². The molecule has 1 fully saturated rings. The fraction of sp³-hybridized carbons (Fsp3) is 0.300. The van der Waals surface area contributed by atoms with Crippen LogP contribution in [-0.2, 0) is 6.42 Å². The van der Waals surface area contributed by atoms with E-state index in [2.05, 4.69) is 29.6 Å². The first-order valence-electron chi connectivity index (χ1n) is 8.51. The molecule has 0 saturated carbocycles. The van der Waals surface area contributed by atoms with Gasteiger partial charge in [-0.05, 0) is 55.0 Å². The molecule has 0 unspecified atom stereocenters. The third-order valence-electron chi connectivity index (χ3n) is 4.60. The number of imide groups is 1. The highest BCUT2D eigenvalue weighted by molar-refractivity contribution is 6.30. The molecule has 0 spiro atoms. The van der Waals surface area contributed by atoms with Gasteiger partial charge in [-0.3, -0.25) is 10.1 Å². The van der Waals surface area contributed by atoms with Gasteiger partial charge in [-0.25, -0.2) is 4.79 Å². The van der Waals surface area contributed by atoms with Gasteiger partial charge in [-0.1, -0.05) is 41.9 Å². The Kier molecular flexibility index (Phi) is 5.71. The normalized spacial score (nSPS) is 15.0. The molecule has 1 aliphatic rings. The van der Waals surface area contributed by atoms with Crippen molar-refractivity contribution in [3.05, 3.63) is 70.7 Å². The SMILES string of the molecule is O=C(NC(=O)N1CCC(Cc2ccccc2)CC1)c1ccc(Cl)cc1. The molecule has 1 N–H and O–H groups in total. The van der Waals surface area contributed by atoms with Crippen LogP contribution in [-0.4, -0.2) is 29.9 Å². The van der Waals surface area contributed by atoms with Crippen molar-refractivity contribution in [3.63, 3.8) is 0 Å². The number of amides is 3. The van der Waals surface area contributed by atoms with Crippen LogP contribution in [0.15, 0.2) is 54.6 Å². The lowest BCUT2D eigenvalue weighted by Gasteiger charge is -2.31. The average molecular weight is 357 g/mol. The number of rotatable bonds is 3. The number of urea groups is 1. The summed E-state index contributed by atoms with van der Waals surface area (Å²) in [5.74, 6) is 0.187. The van der Waals surface area contributed by atoms with Crippen molar-refractivity contribution < 1.29 is 9.59 Å². The van der Waals surface area contributed by atoms with E-state index in [0.717, 1.165) is 19.3 Å². The Morgan fingerprint density at radius 1 is 1.00 bits per heavy atom. The third-order valence-corrected chi connectivity index (χ3v) is 4.85. The first-order chi connectivity index (χ1) is 12.1. The number of nitrogens with one attached hydrogen (secondary N) is 1. The quantitative estimate of drug-likeness (QED) is 0.898. The van der Waals surface area contributed by atoms with Crippen molar-refractivity contribution in [1.82, 2.24) is 10.2 Å². The smallest absolute Gasteiger partial charge is 0.324 e. The highest BCUT2D eigenvalue weighted by Gasteiger charge is 2.24. The van der Waals surface area contributed by atoms with Crippen LogP contribution in [0.4, 0.5) is 4.79 Å². The number of likely N-dealkylation sites (tertiary alicyclic amines) is 1. The van der Waals surface area contributed by atoms with Gasteiger partial charge in [0.05, 0.1) is 0 Å². The van der Waals surface area contributed by atoms with Crippen LogP contribution in [0.5, 0.6) is 0 Å². The van der Waals surface area contributed by atoms with Gasteiger partial charge < -0.3 is 4.90 Å². The molecule has 1 heterocycles. The number of hydrogen-bond acceptors (Lipinski definition) is 2. The summed E-state index contributed by atoms with van der Waals surface area (Å²) in [5.41, 5.74) is 1.76. The van der Waals surface area contributed by atoms with Gasteiger partial charge in [0.25, 0.3) is 5.91 Å². The van der Waals surface area contributed by atoms with Crippen LogP contribution in [0.3, 0.4) is 0 Å². The van der Waals surface area contributed by atoms with E-state index >= 15 is 0 Å². The summed E-state index contributed by atoms with van der Waals surface area (Å²) in [7, 11) is 0. The molecule has 0 aliphatic carbocycles. The number of benzene rings is 2. The Bertz CT molecular complexity index is 723. The summed E-state index contributed by atoms with van der Waals surface area (Å²) in [4.78, 5) is 26.1. The molecular formula is C20H21ClN2O2. The van der Waals surface area contributed by atoms with Crippen molar-refractivity contribution in [2.45, 2.75) is 19.3 Å². The van der Waals surface area contributed by atoms with Crippen molar-refractivity contribution >= 4 is 23.5 Å². The van der Waals surface area contributed by atoms with E-state index in [9.17, 15) is 9.59 Å². The molecule has 130 valence electrons. The van der Waals surface area contributed by atoms with E-state index in [0.29, 0.717) is 29.6 Å². The number of hydrogen-bond donors (Lipinski definition) is 1. The van der Waals surface area contributed by atoms with Gasteiger partial charge in [-0.15, -0.1) is 0 Å². The molecule has 4 nitrogen and oxygen atoms in total. The maximum Gasteiger partial charge on any atom is 0.324 e. The van der Waals surface area contributed by atoms with Crippen molar-refractivity contribution in [1.29, 1.82) is 0 Å². The molecule has 1 saturated heterocycles. The zero-order chi connectivity index (χ0) is 17.6. The molecule has 0 aromatic heterocycles. The second kappa shape index (κ2) is 8.17. The Hall–Kier alpha value is -2.33. The largest absolute Gasteiger partial charge is 0.324 e. The summed E-state index contributed by atoms with van der Waals surface area (Å²) in [6.07, 6.45) is 2.95. The van der Waals surface area contributed by atoms with E-state index in [1.54, 1.807) is 29.2 Å². The minimum Gasteiger partial charge on any atom is -0.324 e. The number of carbonyl (C=O) groups excluding carboxylic acids is 2. The summed E-state index contributed by atoms with van der Waals surface area (Å²) >= 11 is 5.81. The molecule has 25 heavy (non-hydrogen) atoms. The Morgan fingerprint density at radius 3 is 2.28 bits per heavy atom. The summed E-state index contributed by atoms with van der Waals surface area (Å²) in [6.45, 7) is 1.36. The molecule has 2 aromatic carbocycles. The second-order valence-electron chi connectivity index (χ2n) is 6.39. The molecule has 2 aromatic rings. The Labute approximate surface area is 152 Å². The fourth-order valence-electron chi connectivity index (χ4n) is 3.14. The Balaban J connectivity index is 1.48. The van der Waals surface area contributed by atoms with Crippen LogP contribution < -0.4 is 5.32 Å². The summed E-state index contributed by atoms with van der Waals surface area (Å²) in [5, 5.41) is 3.01. The number of halogens is 1. The number of nitrogens with zero attached hydrogens (tertiary/aromatic N) is 1. The predicted octanol–water partition coefficient (Wildman–Crippen LogP) is 4.14. The third kappa shape index (κ3) is 4.83. The lowest BCUT2D eigenvalue weighted by atomic mass is 9.90. The van der Waals surface area contributed by atoms with Crippen LogP contribution in [0.25, 0.3) is 0 Å². The van der Waals surface area contributed by atoms with Gasteiger partial charge in [0.2, 0.25) is 0 Å². The maximum atomic E-state index is 12.3. The molecule has 1 aliphatic heterocycles. The van der Waals surface area contributed by atoms with E-state index in [1.807, 2.05) is 6.07 Å². The zero-order valence-corrected chi connectivity index (χ0v) is 14.7. The van der Waals surface area contributed by atoms with E-state index in [4.69, 9.17) is 11.6 Å². The predicted molar refractivity (Wildman–Crippen MR) is 98.8 cm³/mol. The summed E-state index contributed by atoms with van der Waals surface area (Å²) in [6, 6.07) is 16.6. The Morgan fingerprint density at radius 2 is 1.64 bits per heavy atom. The van der Waals surface area contributed by atoms with E-state index in [-0.39, 0.29) is 6.03 Å². The van der Waals surface area contributed by atoms with Crippen molar-refractivity contribution in [3.8, 4) is 0 Å². The van der Waals surface area contributed by atoms with Gasteiger partial charge in [0, 0.05) is 23.7 Å². The molecule has 3 amide bonds. The van der Waals surface area contributed by atoms with Crippen LogP contribution in [0.1, 0.15) is 28.8 Å². The van der Waals surface area contributed by atoms with E-state index in [1.165, 1.54) is 5.56 Å². The van der Waals surface area contributed by atoms with Gasteiger partial charge in [-0.2, -0.15) is 0 Å². The van der Waals surface area contributed by atoms with Crippen LogP contribution in [0.2, 0.25) is 5.02 Å². The molecule has 5 heteroatoms. The lowest BCUT2D eigenvalue weighted by Crippen LogP contribution is -2.46. The highest BCUT2D eigenvalue weighted by Crippen LogP contribution is 2.21. The first-order valence-corrected chi connectivity index (χ1v) is 8.89. The lowest BCUT2D eigenvalue weighted by molar-refractivity contribution is 0.0945. The standard InChI is InChI=1S/C20H21ClN2O2/c21-18-8-6-17(7-9-18)19(24)22-20(25)23-12-10-16(11-13-23)14-15-4-2-1-3-5-15/h1-9,16H,10-14H2,(H,22,24,25). The average Bonchev–Trinajstić information content (AvgIpc) is 2.63. The maximum absolute atomic E-state index is 12.3. The minimum atomic E-state index is -0.395. The molecule has 0 radical (unpaired) electrons. The minimum absolute atomic E-state index is 0.321. The first kappa shape index (κ1) is 17.5. The fourth-order valence-corrected chi connectivity index (χ4v) is 3.26. The van der Waals surface area contributed by atoms with Crippen molar-refractivity contribution in [2.75, 3.05) is 13.1 Å². The van der Waals surface area contributed by atoms with Gasteiger partial charge in [0.15, 0.2) is 0 Å².